The van der Waals surface area contributed by atoms with E-state index in [4.69, 9.17) is 4.74 Å². The van der Waals surface area contributed by atoms with Gasteiger partial charge in [0, 0.05) is 25.2 Å². The van der Waals surface area contributed by atoms with Gasteiger partial charge in [0.1, 0.15) is 0 Å². The summed E-state index contributed by atoms with van der Waals surface area (Å²) in [6.07, 6.45) is 2.74. The van der Waals surface area contributed by atoms with Gasteiger partial charge in [0.05, 0.1) is 13.2 Å². The van der Waals surface area contributed by atoms with Crippen LogP contribution in [0, 0.1) is 0 Å². The smallest absolute Gasteiger partial charge is 0.0594 e. The first-order valence-corrected chi connectivity index (χ1v) is 4.85. The second-order valence-corrected chi connectivity index (χ2v) is 3.85. The predicted molar refractivity (Wildman–Crippen MR) is 48.3 cm³/mol. The van der Waals surface area contributed by atoms with E-state index in [-0.39, 0.29) is 0 Å². The van der Waals surface area contributed by atoms with Crippen LogP contribution in [0.2, 0.25) is 0 Å². The summed E-state index contributed by atoms with van der Waals surface area (Å²) in [5.74, 6) is 0. The molecule has 1 saturated carbocycles. The van der Waals surface area contributed by atoms with Gasteiger partial charge in [-0.3, -0.25) is 4.90 Å². The molecule has 2 rings (SSSR count). The number of hydrogen-bond donors (Lipinski definition) is 1. The molecule has 0 spiro atoms. The molecule has 3 nitrogen and oxygen atoms in total. The van der Waals surface area contributed by atoms with Crippen molar-refractivity contribution >= 4 is 0 Å². The Labute approximate surface area is 74.1 Å². The third-order valence-electron chi connectivity index (χ3n) is 3.01. The van der Waals surface area contributed by atoms with Crippen LogP contribution in [0.3, 0.4) is 0 Å². The Kier molecular flexibility index (Phi) is 2.35. The van der Waals surface area contributed by atoms with Crippen molar-refractivity contribution in [1.82, 2.24) is 10.2 Å². The zero-order valence-corrected chi connectivity index (χ0v) is 7.81. The van der Waals surface area contributed by atoms with Crippen molar-refractivity contribution in [2.75, 3.05) is 39.9 Å². The van der Waals surface area contributed by atoms with Gasteiger partial charge in [-0.1, -0.05) is 0 Å². The Morgan fingerprint density at radius 3 is 2.50 bits per heavy atom. The van der Waals surface area contributed by atoms with E-state index in [1.165, 1.54) is 12.8 Å². The molecule has 1 aliphatic carbocycles. The zero-order valence-electron chi connectivity index (χ0n) is 7.81. The van der Waals surface area contributed by atoms with Crippen LogP contribution in [0.5, 0.6) is 0 Å². The monoisotopic (exact) mass is 170 g/mol. The number of likely N-dealkylation sites (N-methyl/N-ethyl adjacent to an activating group) is 1. The fourth-order valence-corrected chi connectivity index (χ4v) is 2.12. The molecule has 0 amide bonds. The highest BCUT2D eigenvalue weighted by Crippen LogP contribution is 2.41. The van der Waals surface area contributed by atoms with Gasteiger partial charge in [-0.25, -0.2) is 0 Å². The summed E-state index contributed by atoms with van der Waals surface area (Å²) in [6, 6.07) is 0. The summed E-state index contributed by atoms with van der Waals surface area (Å²) in [5, 5.41) is 3.29. The summed E-state index contributed by atoms with van der Waals surface area (Å²) in [6.45, 7) is 5.24. The minimum atomic E-state index is 0.512. The Bertz CT molecular complexity index is 151. The molecule has 0 bridgehead atoms. The molecule has 0 unspecified atom stereocenters. The third kappa shape index (κ3) is 1.49. The maximum atomic E-state index is 5.34. The fourth-order valence-electron chi connectivity index (χ4n) is 2.12. The lowest BCUT2D eigenvalue weighted by molar-refractivity contribution is 0.0101. The Hall–Kier alpha value is -0.120. The summed E-state index contributed by atoms with van der Waals surface area (Å²) >= 11 is 0. The molecular weight excluding hydrogens is 152 g/mol. The number of hydrogen-bond acceptors (Lipinski definition) is 3. The Balaban J connectivity index is 1.88. The maximum Gasteiger partial charge on any atom is 0.0594 e. The van der Waals surface area contributed by atoms with Gasteiger partial charge in [-0.2, -0.15) is 0 Å². The van der Waals surface area contributed by atoms with Crippen LogP contribution in [0.4, 0.5) is 0 Å². The lowest BCUT2D eigenvalue weighted by Gasteiger charge is -2.34. The molecule has 0 aromatic heterocycles. The molecule has 0 aromatic rings. The third-order valence-corrected chi connectivity index (χ3v) is 3.01. The molecule has 12 heavy (non-hydrogen) atoms. The van der Waals surface area contributed by atoms with E-state index in [0.717, 1.165) is 32.8 Å². The highest BCUT2D eigenvalue weighted by atomic mass is 16.5. The van der Waals surface area contributed by atoms with E-state index in [0.29, 0.717) is 5.54 Å². The molecule has 1 heterocycles. The minimum Gasteiger partial charge on any atom is -0.379 e. The van der Waals surface area contributed by atoms with E-state index in [2.05, 4.69) is 10.2 Å². The molecule has 0 aromatic carbocycles. The Morgan fingerprint density at radius 2 is 2.00 bits per heavy atom. The summed E-state index contributed by atoms with van der Waals surface area (Å²) in [7, 11) is 2.04. The number of morpholine rings is 1. The highest BCUT2D eigenvalue weighted by molar-refractivity contribution is 5.05. The number of nitrogens with one attached hydrogen (secondary N) is 1. The predicted octanol–water partition coefficient (Wildman–Crippen LogP) is 0.0706. The summed E-state index contributed by atoms with van der Waals surface area (Å²) in [4.78, 5) is 2.59. The standard InChI is InChI=1S/C9H18N2O/c1-10-8-9(2-3-9)11-4-6-12-7-5-11/h10H,2-8H2,1H3. The van der Waals surface area contributed by atoms with Crippen LogP contribution in [0.15, 0.2) is 0 Å². The molecule has 1 aliphatic heterocycles. The lowest BCUT2D eigenvalue weighted by Crippen LogP contribution is -2.49. The topological polar surface area (TPSA) is 24.5 Å². The van der Waals surface area contributed by atoms with Crippen molar-refractivity contribution < 1.29 is 4.74 Å². The van der Waals surface area contributed by atoms with Crippen molar-refractivity contribution in [3.63, 3.8) is 0 Å². The second-order valence-electron chi connectivity index (χ2n) is 3.85. The van der Waals surface area contributed by atoms with Crippen LogP contribution in [0.1, 0.15) is 12.8 Å². The molecule has 1 saturated heterocycles. The number of ether oxygens (including phenoxy) is 1. The molecule has 70 valence electrons. The molecule has 0 radical (unpaired) electrons. The molecular formula is C9H18N2O. The van der Waals surface area contributed by atoms with Crippen LogP contribution < -0.4 is 5.32 Å². The van der Waals surface area contributed by atoms with Gasteiger partial charge in [0.25, 0.3) is 0 Å². The molecule has 3 heteroatoms. The average molecular weight is 170 g/mol. The van der Waals surface area contributed by atoms with Crippen LogP contribution >= 0.6 is 0 Å². The SMILES string of the molecule is CNCC1(N2CCOCC2)CC1. The van der Waals surface area contributed by atoms with E-state index < -0.39 is 0 Å². The Morgan fingerprint density at radius 1 is 1.33 bits per heavy atom. The minimum absolute atomic E-state index is 0.512. The summed E-state index contributed by atoms with van der Waals surface area (Å²) in [5.41, 5.74) is 0.512. The fraction of sp³-hybridized carbons (Fsp3) is 1.00. The van der Waals surface area contributed by atoms with E-state index in [1.807, 2.05) is 7.05 Å². The van der Waals surface area contributed by atoms with Crippen molar-refractivity contribution in [3.05, 3.63) is 0 Å². The quantitative estimate of drug-likeness (QED) is 0.649. The van der Waals surface area contributed by atoms with Crippen molar-refractivity contribution in [2.24, 2.45) is 0 Å². The van der Waals surface area contributed by atoms with Crippen LogP contribution in [-0.4, -0.2) is 50.3 Å². The van der Waals surface area contributed by atoms with Gasteiger partial charge in [0.2, 0.25) is 0 Å². The van der Waals surface area contributed by atoms with Crippen molar-refractivity contribution in [2.45, 2.75) is 18.4 Å². The van der Waals surface area contributed by atoms with E-state index in [1.54, 1.807) is 0 Å². The van der Waals surface area contributed by atoms with Gasteiger partial charge >= 0.3 is 0 Å². The van der Waals surface area contributed by atoms with E-state index >= 15 is 0 Å². The van der Waals surface area contributed by atoms with Crippen LogP contribution in [0.25, 0.3) is 0 Å². The largest absolute Gasteiger partial charge is 0.379 e. The normalized spacial score (nSPS) is 28.8. The van der Waals surface area contributed by atoms with Crippen LogP contribution in [-0.2, 0) is 4.74 Å². The first kappa shape index (κ1) is 8.48. The average Bonchev–Trinajstić information content (AvgIpc) is 2.88. The van der Waals surface area contributed by atoms with E-state index in [9.17, 15) is 0 Å². The zero-order chi connectivity index (χ0) is 8.44. The lowest BCUT2D eigenvalue weighted by atomic mass is 10.2. The number of nitrogens with zero attached hydrogens (tertiary/aromatic N) is 1. The molecule has 1 N–H and O–H groups in total. The van der Waals surface area contributed by atoms with Crippen molar-refractivity contribution in [1.29, 1.82) is 0 Å². The first-order valence-electron chi connectivity index (χ1n) is 4.85. The van der Waals surface area contributed by atoms with Crippen molar-refractivity contribution in [3.8, 4) is 0 Å². The molecule has 2 aliphatic rings. The van der Waals surface area contributed by atoms with Gasteiger partial charge < -0.3 is 10.1 Å². The van der Waals surface area contributed by atoms with Gasteiger partial charge in [0.15, 0.2) is 0 Å². The van der Waals surface area contributed by atoms with Gasteiger partial charge in [-0.15, -0.1) is 0 Å². The van der Waals surface area contributed by atoms with Gasteiger partial charge in [-0.05, 0) is 19.9 Å². The maximum absolute atomic E-state index is 5.34. The second kappa shape index (κ2) is 3.32. The number of rotatable bonds is 3. The highest BCUT2D eigenvalue weighted by Gasteiger charge is 2.47. The molecule has 2 fully saturated rings. The summed E-state index contributed by atoms with van der Waals surface area (Å²) < 4.78 is 5.34. The molecule has 0 atom stereocenters. The first-order chi connectivity index (χ1) is 5.87.